The lowest BCUT2D eigenvalue weighted by molar-refractivity contribution is -0.129. The summed E-state index contributed by atoms with van der Waals surface area (Å²) in [7, 11) is -3.68. The Balaban J connectivity index is 1.72. The van der Waals surface area contributed by atoms with E-state index in [4.69, 9.17) is 0 Å². The number of rotatable bonds is 5. The lowest BCUT2D eigenvalue weighted by Gasteiger charge is -2.33. The standard InChI is InChI=1S/C18H25N3O4S/c1-13(15-6-7-15)19-18(23)16-4-3-5-17(12-16)26(24,25)21-10-8-20(9-11-21)14(2)22/h3-5,12-13,15H,6-11H2,1-2H3,(H,19,23)/t13-/m0/s1. The van der Waals surface area contributed by atoms with Crippen molar-refractivity contribution in [3.8, 4) is 0 Å². The van der Waals surface area contributed by atoms with Gasteiger partial charge in [-0.2, -0.15) is 4.31 Å². The number of sulfonamides is 1. The molecule has 0 bridgehead atoms. The number of amides is 2. The number of hydrogen-bond acceptors (Lipinski definition) is 4. The largest absolute Gasteiger partial charge is 0.349 e. The van der Waals surface area contributed by atoms with Gasteiger partial charge in [-0.3, -0.25) is 9.59 Å². The van der Waals surface area contributed by atoms with Gasteiger partial charge in [0.2, 0.25) is 15.9 Å². The second-order valence-electron chi connectivity index (χ2n) is 7.04. The predicted molar refractivity (Wildman–Crippen MR) is 97.1 cm³/mol. The number of carbonyl (C=O) groups excluding carboxylic acids is 2. The van der Waals surface area contributed by atoms with Gasteiger partial charge in [0.1, 0.15) is 0 Å². The van der Waals surface area contributed by atoms with Crippen molar-refractivity contribution < 1.29 is 18.0 Å². The molecule has 1 aliphatic heterocycles. The SMILES string of the molecule is CC(=O)N1CCN(S(=O)(=O)c2cccc(C(=O)N[C@@H](C)C3CC3)c2)CC1. The van der Waals surface area contributed by atoms with E-state index in [1.807, 2.05) is 6.92 Å². The first-order valence-corrected chi connectivity index (χ1v) is 10.4. The summed E-state index contributed by atoms with van der Waals surface area (Å²) in [5, 5.41) is 2.94. The van der Waals surface area contributed by atoms with Gasteiger partial charge in [0.15, 0.2) is 0 Å². The highest BCUT2D eigenvalue weighted by molar-refractivity contribution is 7.89. The first-order chi connectivity index (χ1) is 12.3. The van der Waals surface area contributed by atoms with Crippen LogP contribution in [0.15, 0.2) is 29.2 Å². The first-order valence-electron chi connectivity index (χ1n) is 8.95. The lowest BCUT2D eigenvalue weighted by Crippen LogP contribution is -2.49. The van der Waals surface area contributed by atoms with E-state index in [-0.39, 0.29) is 35.8 Å². The zero-order valence-corrected chi connectivity index (χ0v) is 16.0. The molecule has 26 heavy (non-hydrogen) atoms. The summed E-state index contributed by atoms with van der Waals surface area (Å²) in [6.45, 7) is 4.74. The lowest BCUT2D eigenvalue weighted by atomic mass is 10.1. The third-order valence-electron chi connectivity index (χ3n) is 5.11. The molecular weight excluding hydrogens is 354 g/mol. The molecule has 1 saturated heterocycles. The minimum absolute atomic E-state index is 0.0505. The Morgan fingerprint density at radius 3 is 2.38 bits per heavy atom. The Hall–Kier alpha value is -1.93. The minimum atomic E-state index is -3.68. The van der Waals surface area contributed by atoms with Gasteiger partial charge < -0.3 is 10.2 Å². The van der Waals surface area contributed by atoms with Crippen molar-refractivity contribution in [2.24, 2.45) is 5.92 Å². The maximum atomic E-state index is 12.9. The van der Waals surface area contributed by atoms with Crippen molar-refractivity contribution in [3.05, 3.63) is 29.8 Å². The van der Waals surface area contributed by atoms with Gasteiger partial charge in [-0.05, 0) is 43.9 Å². The van der Waals surface area contributed by atoms with Gasteiger partial charge >= 0.3 is 0 Å². The maximum Gasteiger partial charge on any atom is 0.251 e. The van der Waals surface area contributed by atoms with Crippen LogP contribution < -0.4 is 5.32 Å². The number of carbonyl (C=O) groups is 2. The van der Waals surface area contributed by atoms with Crippen molar-refractivity contribution in [2.75, 3.05) is 26.2 Å². The van der Waals surface area contributed by atoms with E-state index in [1.54, 1.807) is 17.0 Å². The van der Waals surface area contributed by atoms with Gasteiger partial charge in [0.25, 0.3) is 5.91 Å². The second-order valence-corrected chi connectivity index (χ2v) is 8.98. The van der Waals surface area contributed by atoms with Gasteiger partial charge in [-0.25, -0.2) is 8.42 Å². The van der Waals surface area contributed by atoms with E-state index in [1.165, 1.54) is 23.4 Å². The van der Waals surface area contributed by atoms with Gasteiger partial charge in [0, 0.05) is 44.7 Å². The van der Waals surface area contributed by atoms with Crippen molar-refractivity contribution >= 4 is 21.8 Å². The topological polar surface area (TPSA) is 86.8 Å². The van der Waals surface area contributed by atoms with Gasteiger partial charge in [-0.1, -0.05) is 6.07 Å². The highest BCUT2D eigenvalue weighted by Crippen LogP contribution is 2.32. The Bertz CT molecular complexity index is 796. The van der Waals surface area contributed by atoms with Crippen LogP contribution in [-0.2, 0) is 14.8 Å². The van der Waals surface area contributed by atoms with Crippen LogP contribution in [0.4, 0.5) is 0 Å². The van der Waals surface area contributed by atoms with Crippen LogP contribution in [-0.4, -0.2) is 61.7 Å². The summed E-state index contributed by atoms with van der Waals surface area (Å²) in [4.78, 5) is 25.5. The van der Waals surface area contributed by atoms with Crippen LogP contribution in [0, 0.1) is 5.92 Å². The number of nitrogens with one attached hydrogen (secondary N) is 1. The summed E-state index contributed by atoms with van der Waals surface area (Å²) in [6.07, 6.45) is 2.25. The molecule has 1 aromatic carbocycles. The van der Waals surface area contributed by atoms with E-state index >= 15 is 0 Å². The normalized spacial score (nSPS) is 19.8. The molecule has 0 aromatic heterocycles. The van der Waals surface area contributed by atoms with Crippen LogP contribution in [0.3, 0.4) is 0 Å². The fraction of sp³-hybridized carbons (Fsp3) is 0.556. The zero-order valence-electron chi connectivity index (χ0n) is 15.1. The molecule has 7 nitrogen and oxygen atoms in total. The fourth-order valence-corrected chi connectivity index (χ4v) is 4.66. The van der Waals surface area contributed by atoms with Crippen LogP contribution in [0.1, 0.15) is 37.0 Å². The molecule has 8 heteroatoms. The monoisotopic (exact) mass is 379 g/mol. The zero-order chi connectivity index (χ0) is 18.9. The molecule has 1 aromatic rings. The average molecular weight is 379 g/mol. The van der Waals surface area contributed by atoms with E-state index in [0.29, 0.717) is 24.6 Å². The molecule has 2 fully saturated rings. The number of nitrogens with zero attached hydrogens (tertiary/aromatic N) is 2. The summed E-state index contributed by atoms with van der Waals surface area (Å²) < 4.78 is 27.1. The molecule has 1 saturated carbocycles. The summed E-state index contributed by atoms with van der Waals surface area (Å²) >= 11 is 0. The molecule has 0 unspecified atom stereocenters. The molecule has 142 valence electrons. The van der Waals surface area contributed by atoms with E-state index in [2.05, 4.69) is 5.32 Å². The Morgan fingerprint density at radius 2 is 1.81 bits per heavy atom. The van der Waals surface area contributed by atoms with Crippen LogP contribution >= 0.6 is 0 Å². The van der Waals surface area contributed by atoms with E-state index in [9.17, 15) is 18.0 Å². The highest BCUT2D eigenvalue weighted by atomic mass is 32.2. The molecule has 1 atom stereocenters. The van der Waals surface area contributed by atoms with Gasteiger partial charge in [-0.15, -0.1) is 0 Å². The van der Waals surface area contributed by atoms with E-state index < -0.39 is 10.0 Å². The molecule has 1 N–H and O–H groups in total. The molecule has 3 rings (SSSR count). The molecule has 2 amide bonds. The molecular formula is C18H25N3O4S. The highest BCUT2D eigenvalue weighted by Gasteiger charge is 2.31. The van der Waals surface area contributed by atoms with Crippen molar-refractivity contribution in [1.29, 1.82) is 0 Å². The number of piperazine rings is 1. The van der Waals surface area contributed by atoms with Crippen molar-refractivity contribution in [1.82, 2.24) is 14.5 Å². The van der Waals surface area contributed by atoms with Gasteiger partial charge in [0.05, 0.1) is 4.90 Å². The van der Waals surface area contributed by atoms with Crippen LogP contribution in [0.25, 0.3) is 0 Å². The smallest absolute Gasteiger partial charge is 0.251 e. The summed E-state index contributed by atoms with van der Waals surface area (Å²) in [5.74, 6) is 0.233. The van der Waals surface area contributed by atoms with Crippen molar-refractivity contribution in [2.45, 2.75) is 37.6 Å². The number of benzene rings is 1. The summed E-state index contributed by atoms with van der Waals surface area (Å²) in [6, 6.07) is 6.26. The summed E-state index contributed by atoms with van der Waals surface area (Å²) in [5.41, 5.74) is 0.348. The molecule has 1 aliphatic carbocycles. The third-order valence-corrected chi connectivity index (χ3v) is 7.00. The molecule has 0 spiro atoms. The minimum Gasteiger partial charge on any atom is -0.349 e. The first kappa shape index (κ1) is 18.8. The molecule has 2 aliphatic rings. The Morgan fingerprint density at radius 1 is 1.15 bits per heavy atom. The second kappa shape index (κ2) is 7.36. The third kappa shape index (κ3) is 4.07. The molecule has 0 radical (unpaired) electrons. The van der Waals surface area contributed by atoms with Crippen LogP contribution in [0.5, 0.6) is 0 Å². The number of hydrogen-bond donors (Lipinski definition) is 1. The predicted octanol–water partition coefficient (Wildman–Crippen LogP) is 1.07. The maximum absolute atomic E-state index is 12.9. The Kier molecular flexibility index (Phi) is 5.34. The Labute approximate surface area is 154 Å². The quantitative estimate of drug-likeness (QED) is 0.829. The van der Waals surface area contributed by atoms with E-state index in [0.717, 1.165) is 12.8 Å². The average Bonchev–Trinajstić information content (AvgIpc) is 3.47. The molecule has 1 heterocycles. The fourth-order valence-electron chi connectivity index (χ4n) is 3.19. The van der Waals surface area contributed by atoms with Crippen molar-refractivity contribution in [3.63, 3.8) is 0 Å². The van der Waals surface area contributed by atoms with Crippen LogP contribution in [0.2, 0.25) is 0 Å².